The molecule has 2 aliphatic carbocycles. The third-order valence-electron chi connectivity index (χ3n) is 18.3. The Morgan fingerprint density at radius 3 is 1.48 bits per heavy atom. The first kappa shape index (κ1) is 46.4. The molecule has 0 saturated heterocycles. The second kappa shape index (κ2) is 18.0. The Balaban J connectivity index is 0.887. The van der Waals surface area contributed by atoms with Crippen LogP contribution in [-0.2, 0) is 10.8 Å². The maximum atomic E-state index is 2.53. The van der Waals surface area contributed by atoms with Crippen LogP contribution in [0.1, 0.15) is 44.5 Å². The molecule has 1 aromatic heterocycles. The molecule has 0 N–H and O–H groups in total. The van der Waals surface area contributed by atoms with E-state index in [1.54, 1.807) is 0 Å². The molecule has 13 aromatic carbocycles. The van der Waals surface area contributed by atoms with E-state index in [9.17, 15) is 0 Å². The highest BCUT2D eigenvalue weighted by Gasteiger charge is 2.51. The number of para-hydroxylation sites is 4. The summed E-state index contributed by atoms with van der Waals surface area (Å²) in [5.74, 6) is 0. The predicted molar refractivity (Wildman–Crippen MR) is 340 cm³/mol. The number of benzene rings is 13. The van der Waals surface area contributed by atoms with Crippen LogP contribution in [0.4, 0.5) is 17.1 Å². The van der Waals surface area contributed by atoms with Crippen molar-refractivity contribution in [3.8, 4) is 61.3 Å². The molecule has 2 heterocycles. The van der Waals surface area contributed by atoms with Crippen molar-refractivity contribution in [3.05, 3.63) is 360 Å². The van der Waals surface area contributed by atoms with Crippen molar-refractivity contribution in [2.45, 2.75) is 10.8 Å². The number of hydrogen-bond acceptors (Lipinski definition) is 1. The molecule has 2 nitrogen and oxygen atoms in total. The average Bonchev–Trinajstić information content (AvgIpc) is 1.58. The quantitative estimate of drug-likeness (QED) is 0.147. The van der Waals surface area contributed by atoms with Gasteiger partial charge in [-0.3, -0.25) is 0 Å². The van der Waals surface area contributed by atoms with E-state index in [4.69, 9.17) is 0 Å². The summed E-state index contributed by atoms with van der Waals surface area (Å²) in [6.45, 7) is 0. The van der Waals surface area contributed by atoms with Crippen LogP contribution in [0.25, 0.3) is 83.1 Å². The van der Waals surface area contributed by atoms with Gasteiger partial charge in [-0.25, -0.2) is 0 Å². The molecule has 1 spiro atoms. The molecule has 2 heteroatoms. The van der Waals surface area contributed by atoms with E-state index in [0.29, 0.717) is 0 Å². The van der Waals surface area contributed by atoms with E-state index in [0.717, 1.165) is 33.8 Å². The van der Waals surface area contributed by atoms with Gasteiger partial charge in [-0.05, 0) is 143 Å². The molecule has 1 atom stereocenters. The molecule has 3 aliphatic rings. The lowest BCUT2D eigenvalue weighted by molar-refractivity contribution is 0.749. The van der Waals surface area contributed by atoms with Crippen LogP contribution in [0.3, 0.4) is 0 Å². The minimum atomic E-state index is -0.570. The van der Waals surface area contributed by atoms with E-state index in [1.165, 1.54) is 111 Å². The summed E-state index contributed by atoms with van der Waals surface area (Å²) >= 11 is 0. The third-order valence-corrected chi connectivity index (χ3v) is 18.3. The summed E-state index contributed by atoms with van der Waals surface area (Å²) in [4.78, 5) is 2.51. The second-order valence-electron chi connectivity index (χ2n) is 22.2. The van der Waals surface area contributed by atoms with Crippen molar-refractivity contribution >= 4 is 38.9 Å². The molecular formula is C80H52N2. The number of hydrogen-bond donors (Lipinski definition) is 0. The lowest BCUT2D eigenvalue weighted by Gasteiger charge is -2.39. The van der Waals surface area contributed by atoms with Crippen LogP contribution in [0, 0.1) is 0 Å². The van der Waals surface area contributed by atoms with Crippen molar-refractivity contribution in [2.24, 2.45) is 0 Å². The zero-order valence-electron chi connectivity index (χ0n) is 44.9. The van der Waals surface area contributed by atoms with Gasteiger partial charge in [-0.2, -0.15) is 0 Å². The zero-order valence-corrected chi connectivity index (χ0v) is 44.9. The van der Waals surface area contributed by atoms with Crippen LogP contribution < -0.4 is 4.90 Å². The molecule has 382 valence electrons. The first-order valence-electron chi connectivity index (χ1n) is 28.6. The number of rotatable bonds is 8. The van der Waals surface area contributed by atoms with Crippen LogP contribution in [0.15, 0.2) is 315 Å². The van der Waals surface area contributed by atoms with Crippen molar-refractivity contribution in [2.75, 3.05) is 4.90 Å². The number of anilines is 3. The van der Waals surface area contributed by atoms with Gasteiger partial charge >= 0.3 is 0 Å². The number of fused-ring (bicyclic) bond motifs is 15. The van der Waals surface area contributed by atoms with Gasteiger partial charge in [0, 0.05) is 27.7 Å². The van der Waals surface area contributed by atoms with E-state index in [2.05, 4.69) is 325 Å². The lowest BCUT2D eigenvalue weighted by Crippen LogP contribution is -2.33. The molecule has 0 radical (unpaired) electrons. The fraction of sp³-hybridized carbons (Fsp3) is 0.0250. The van der Waals surface area contributed by atoms with E-state index >= 15 is 0 Å². The fourth-order valence-corrected chi connectivity index (χ4v) is 15.0. The second-order valence-corrected chi connectivity index (χ2v) is 22.2. The highest BCUT2D eigenvalue weighted by Crippen LogP contribution is 2.62. The standard InChI is InChI=1S/C80H52N2/c1-4-22-53(23-5-1)54-42-44-55(45-43-54)62-30-12-17-39-75(62)81(61-47-49-66-63-31-10-14-35-69(63)79(74(66)52-61,58-25-6-2-7-26-58)59-27-8-3-9-28-59)60-29-20-24-56(50-60)57-46-48-65-64-32-11-15-36-70(64)80(73(65)51-57)71-37-16-19-41-77(71)82-76-40-18-13-33-67(76)68-34-21-38-72(80)78(68)82/h1-52H. The maximum absolute atomic E-state index is 2.53. The van der Waals surface area contributed by atoms with Gasteiger partial charge in [0.15, 0.2) is 0 Å². The van der Waals surface area contributed by atoms with Crippen molar-refractivity contribution in [3.63, 3.8) is 0 Å². The summed E-state index contributed by atoms with van der Waals surface area (Å²) in [6, 6.07) is 118. The minimum Gasteiger partial charge on any atom is -0.310 e. The molecule has 82 heavy (non-hydrogen) atoms. The monoisotopic (exact) mass is 1040 g/mol. The van der Waals surface area contributed by atoms with Gasteiger partial charge in [0.25, 0.3) is 0 Å². The van der Waals surface area contributed by atoms with Crippen LogP contribution in [-0.4, -0.2) is 4.57 Å². The Kier molecular flexibility index (Phi) is 10.2. The average molecular weight is 1040 g/mol. The zero-order chi connectivity index (χ0) is 53.9. The summed E-state index contributed by atoms with van der Waals surface area (Å²) in [7, 11) is 0. The van der Waals surface area contributed by atoms with Gasteiger partial charge in [-0.15, -0.1) is 0 Å². The SMILES string of the molecule is c1ccc(-c2ccc(-c3ccccc3N(c3cccc(-c4ccc5c(c4)C4(c6ccccc6-5)c5ccccc5-n5c6ccccc6c6cccc4c65)c3)c3ccc4c(c3)C(c3ccccc3)(c3ccccc3)c3ccccc3-4)cc2)cc1. The third kappa shape index (κ3) is 6.46. The van der Waals surface area contributed by atoms with Crippen LogP contribution in [0.5, 0.6) is 0 Å². The molecule has 0 fully saturated rings. The molecule has 1 aliphatic heterocycles. The maximum Gasteiger partial charge on any atom is 0.0754 e. The van der Waals surface area contributed by atoms with Crippen molar-refractivity contribution in [1.29, 1.82) is 0 Å². The summed E-state index contributed by atoms with van der Waals surface area (Å²) in [5, 5.41) is 2.56. The normalized spacial score (nSPS) is 14.7. The number of aromatic nitrogens is 1. The molecule has 0 bridgehead atoms. The largest absolute Gasteiger partial charge is 0.310 e. The summed E-state index contributed by atoms with van der Waals surface area (Å²) < 4.78 is 2.53. The van der Waals surface area contributed by atoms with Gasteiger partial charge < -0.3 is 9.47 Å². The Morgan fingerprint density at radius 2 is 0.732 bits per heavy atom. The Labute approximate surface area is 477 Å². The van der Waals surface area contributed by atoms with Gasteiger partial charge in [0.05, 0.1) is 33.2 Å². The fourth-order valence-electron chi connectivity index (χ4n) is 15.0. The minimum absolute atomic E-state index is 0.562. The summed E-state index contributed by atoms with van der Waals surface area (Å²) in [5.41, 5.74) is 28.2. The van der Waals surface area contributed by atoms with Gasteiger partial charge in [0.2, 0.25) is 0 Å². The van der Waals surface area contributed by atoms with Gasteiger partial charge in [0.1, 0.15) is 0 Å². The summed E-state index contributed by atoms with van der Waals surface area (Å²) in [6.07, 6.45) is 0. The van der Waals surface area contributed by atoms with E-state index in [1.807, 2.05) is 0 Å². The topological polar surface area (TPSA) is 8.17 Å². The highest BCUT2D eigenvalue weighted by molar-refractivity contribution is 6.13. The predicted octanol–water partition coefficient (Wildman–Crippen LogP) is 20.3. The van der Waals surface area contributed by atoms with Crippen LogP contribution in [0.2, 0.25) is 0 Å². The van der Waals surface area contributed by atoms with Gasteiger partial charge in [-0.1, -0.05) is 267 Å². The molecule has 0 amide bonds. The Morgan fingerprint density at radius 1 is 0.256 bits per heavy atom. The smallest absolute Gasteiger partial charge is 0.0754 e. The molecular weight excluding hydrogens is 989 g/mol. The molecule has 17 rings (SSSR count). The van der Waals surface area contributed by atoms with E-state index < -0.39 is 10.8 Å². The molecule has 14 aromatic rings. The van der Waals surface area contributed by atoms with Crippen LogP contribution >= 0.6 is 0 Å². The number of nitrogens with zero attached hydrogens (tertiary/aromatic N) is 2. The Bertz CT molecular complexity index is 4820. The van der Waals surface area contributed by atoms with Crippen molar-refractivity contribution in [1.82, 2.24) is 4.57 Å². The molecule has 1 unspecified atom stereocenters. The first-order chi connectivity index (χ1) is 40.7. The lowest BCUT2D eigenvalue weighted by atomic mass is 9.65. The van der Waals surface area contributed by atoms with Crippen molar-refractivity contribution < 1.29 is 0 Å². The first-order valence-corrected chi connectivity index (χ1v) is 28.6. The highest BCUT2D eigenvalue weighted by atomic mass is 15.1. The van der Waals surface area contributed by atoms with E-state index in [-0.39, 0.29) is 0 Å². The Hall–Kier alpha value is -10.5. The molecule has 0 saturated carbocycles.